The van der Waals surface area contributed by atoms with Crippen molar-refractivity contribution in [1.29, 1.82) is 0 Å². The highest BCUT2D eigenvalue weighted by Crippen LogP contribution is 2.46. The summed E-state index contributed by atoms with van der Waals surface area (Å²) in [6, 6.07) is 3.06. The molecule has 0 aliphatic rings. The lowest BCUT2D eigenvalue weighted by Gasteiger charge is -2.22. The van der Waals surface area contributed by atoms with Gasteiger partial charge in [-0.25, -0.2) is 9.97 Å². The number of alkyl halides is 5. The molecule has 26 heavy (non-hydrogen) atoms. The minimum Gasteiger partial charge on any atom is -0.364 e. The number of amides is 1. The molecule has 3 aromatic heterocycles. The Kier molecular flexibility index (Phi) is 3.89. The number of hydrogen-bond donors (Lipinski definition) is 1. The Morgan fingerprint density at radius 2 is 1.81 bits per heavy atom. The minimum atomic E-state index is -5.77. The molecular weight excluding hydrogens is 359 g/mol. The summed E-state index contributed by atoms with van der Waals surface area (Å²) in [5.41, 5.74) is 3.85. The minimum absolute atomic E-state index is 0.0539. The smallest absolute Gasteiger partial charge is 0.364 e. The maximum Gasteiger partial charge on any atom is 0.458 e. The van der Waals surface area contributed by atoms with Crippen LogP contribution in [0.3, 0.4) is 0 Å². The molecule has 0 saturated carbocycles. The number of primary amides is 1. The van der Waals surface area contributed by atoms with Crippen molar-refractivity contribution in [3.05, 3.63) is 41.3 Å². The number of pyridine rings is 2. The zero-order chi connectivity index (χ0) is 19.4. The van der Waals surface area contributed by atoms with Gasteiger partial charge in [-0.15, -0.1) is 0 Å². The first-order valence-electron chi connectivity index (χ1n) is 7.51. The molecule has 3 heterocycles. The van der Waals surface area contributed by atoms with E-state index in [0.29, 0.717) is 0 Å². The van der Waals surface area contributed by atoms with E-state index < -0.39 is 34.9 Å². The fourth-order valence-corrected chi connectivity index (χ4v) is 2.58. The van der Waals surface area contributed by atoms with Crippen molar-refractivity contribution in [1.82, 2.24) is 14.4 Å². The Morgan fingerprint density at radius 3 is 2.35 bits per heavy atom. The van der Waals surface area contributed by atoms with Crippen LogP contribution < -0.4 is 5.73 Å². The lowest BCUT2D eigenvalue weighted by atomic mass is 9.99. The predicted molar refractivity (Wildman–Crippen MR) is 83.0 cm³/mol. The van der Waals surface area contributed by atoms with Crippen LogP contribution in [-0.2, 0) is 5.92 Å². The summed E-state index contributed by atoms with van der Waals surface area (Å²) < 4.78 is 68.3. The zero-order valence-electron chi connectivity index (χ0n) is 13.6. The number of nitrogens with two attached hydrogens (primary N) is 1. The molecule has 3 rings (SSSR count). The summed E-state index contributed by atoms with van der Waals surface area (Å²) >= 11 is 0. The van der Waals surface area contributed by atoms with Gasteiger partial charge in [0, 0.05) is 22.8 Å². The van der Waals surface area contributed by atoms with E-state index in [1.54, 1.807) is 13.8 Å². The van der Waals surface area contributed by atoms with Gasteiger partial charge in [0.05, 0.1) is 0 Å². The van der Waals surface area contributed by atoms with E-state index in [0.717, 1.165) is 18.3 Å². The molecule has 3 aromatic rings. The van der Waals surface area contributed by atoms with Crippen molar-refractivity contribution < 1.29 is 26.7 Å². The van der Waals surface area contributed by atoms with Crippen molar-refractivity contribution in [2.45, 2.75) is 31.9 Å². The molecule has 0 unspecified atom stereocenters. The normalized spacial score (nSPS) is 13.1. The van der Waals surface area contributed by atoms with E-state index in [1.807, 2.05) is 0 Å². The van der Waals surface area contributed by atoms with E-state index in [4.69, 9.17) is 5.73 Å². The van der Waals surface area contributed by atoms with Crippen LogP contribution in [0.5, 0.6) is 0 Å². The van der Waals surface area contributed by atoms with Gasteiger partial charge in [-0.1, -0.05) is 13.8 Å². The van der Waals surface area contributed by atoms with E-state index in [9.17, 15) is 26.7 Å². The van der Waals surface area contributed by atoms with E-state index in [2.05, 4.69) is 9.97 Å². The molecule has 10 heteroatoms. The number of halogens is 5. The van der Waals surface area contributed by atoms with Gasteiger partial charge < -0.3 is 5.73 Å². The third-order valence-electron chi connectivity index (χ3n) is 3.96. The Hall–Kier alpha value is -2.78. The molecule has 0 atom stereocenters. The molecule has 0 fully saturated rings. The second-order valence-corrected chi connectivity index (χ2v) is 6.11. The van der Waals surface area contributed by atoms with Crippen LogP contribution in [0.4, 0.5) is 22.0 Å². The van der Waals surface area contributed by atoms with Crippen LogP contribution in [0, 0.1) is 0 Å². The molecule has 1 amide bonds. The first-order valence-corrected chi connectivity index (χ1v) is 7.51. The lowest BCUT2D eigenvalue weighted by molar-refractivity contribution is -0.288. The second kappa shape index (κ2) is 5.61. The fraction of sp³-hybridized carbons (Fsp3) is 0.312. The summed E-state index contributed by atoms with van der Waals surface area (Å²) in [6.07, 6.45) is -4.61. The number of nitrogens with zero attached hydrogens (tertiary/aromatic N) is 3. The molecular formula is C16H13F5N4O. The number of aromatic nitrogens is 3. The quantitative estimate of drug-likeness (QED) is 0.712. The SMILES string of the molecule is CC(C)c1cc(C(F)(F)C(F)(F)F)c2ccc3nc(C(N)=O)cn3c2n1. The molecule has 0 aliphatic heterocycles. The third-order valence-corrected chi connectivity index (χ3v) is 3.96. The Morgan fingerprint density at radius 1 is 1.15 bits per heavy atom. The van der Waals surface area contributed by atoms with Crippen molar-refractivity contribution in [2.24, 2.45) is 5.73 Å². The molecule has 0 saturated heterocycles. The fourth-order valence-electron chi connectivity index (χ4n) is 2.58. The Bertz CT molecular complexity index is 1020. The maximum absolute atomic E-state index is 14.1. The molecule has 0 spiro atoms. The third kappa shape index (κ3) is 2.65. The molecule has 0 aromatic carbocycles. The van der Waals surface area contributed by atoms with Gasteiger partial charge >= 0.3 is 12.1 Å². The topological polar surface area (TPSA) is 73.3 Å². The first-order chi connectivity index (χ1) is 11.9. The molecule has 0 radical (unpaired) electrons. The van der Waals surface area contributed by atoms with Gasteiger partial charge in [-0.3, -0.25) is 9.20 Å². The lowest BCUT2D eigenvalue weighted by Crippen LogP contribution is -2.34. The highest BCUT2D eigenvalue weighted by Gasteiger charge is 2.59. The standard InChI is InChI=1S/C16H13F5N4O/c1-7(2)10-5-9(15(17,18)16(19,20)21)8-3-4-12-23-11(13(22)26)6-25(12)14(8)24-10/h3-7H,1-2H3,(H2,22,26). The van der Waals surface area contributed by atoms with Crippen LogP contribution in [0.1, 0.15) is 41.5 Å². The molecule has 138 valence electrons. The average Bonchev–Trinajstić information content (AvgIpc) is 2.97. The van der Waals surface area contributed by atoms with Crippen LogP contribution in [0.15, 0.2) is 24.4 Å². The van der Waals surface area contributed by atoms with Crippen molar-refractivity contribution >= 4 is 22.6 Å². The van der Waals surface area contributed by atoms with Crippen LogP contribution in [0.25, 0.3) is 16.7 Å². The molecule has 5 nitrogen and oxygen atoms in total. The molecule has 0 aliphatic carbocycles. The van der Waals surface area contributed by atoms with E-state index >= 15 is 0 Å². The summed E-state index contributed by atoms with van der Waals surface area (Å²) in [5.74, 6) is -6.34. The van der Waals surface area contributed by atoms with E-state index in [1.165, 1.54) is 10.5 Å². The monoisotopic (exact) mass is 372 g/mol. The van der Waals surface area contributed by atoms with E-state index in [-0.39, 0.29) is 22.7 Å². The van der Waals surface area contributed by atoms with Crippen molar-refractivity contribution in [2.75, 3.05) is 0 Å². The van der Waals surface area contributed by atoms with Gasteiger partial charge in [0.1, 0.15) is 17.0 Å². The maximum atomic E-state index is 14.1. The number of carbonyl (C=O) groups is 1. The Balaban J connectivity index is 2.45. The predicted octanol–water partition coefficient (Wildman–Crippen LogP) is 3.76. The molecule has 0 bridgehead atoms. The van der Waals surface area contributed by atoms with Crippen molar-refractivity contribution in [3.63, 3.8) is 0 Å². The van der Waals surface area contributed by atoms with Crippen molar-refractivity contribution in [3.8, 4) is 0 Å². The zero-order valence-corrected chi connectivity index (χ0v) is 13.6. The summed E-state index contributed by atoms with van der Waals surface area (Å²) in [7, 11) is 0. The summed E-state index contributed by atoms with van der Waals surface area (Å²) in [6.45, 7) is 3.24. The number of hydrogen-bond acceptors (Lipinski definition) is 3. The Labute approximate surface area is 143 Å². The first kappa shape index (κ1) is 18.0. The van der Waals surface area contributed by atoms with Gasteiger partial charge in [0.2, 0.25) is 0 Å². The number of fused-ring (bicyclic) bond motifs is 3. The van der Waals surface area contributed by atoms with Gasteiger partial charge in [0.15, 0.2) is 0 Å². The van der Waals surface area contributed by atoms with Crippen LogP contribution in [0.2, 0.25) is 0 Å². The molecule has 2 N–H and O–H groups in total. The number of carbonyl (C=O) groups excluding carboxylic acids is 1. The highest BCUT2D eigenvalue weighted by molar-refractivity contribution is 5.92. The number of rotatable bonds is 3. The number of imidazole rings is 1. The van der Waals surface area contributed by atoms with Gasteiger partial charge in [0.25, 0.3) is 5.91 Å². The van der Waals surface area contributed by atoms with Crippen LogP contribution in [-0.4, -0.2) is 26.5 Å². The van der Waals surface area contributed by atoms with Gasteiger partial charge in [-0.2, -0.15) is 22.0 Å². The summed E-state index contributed by atoms with van der Waals surface area (Å²) in [4.78, 5) is 19.4. The largest absolute Gasteiger partial charge is 0.458 e. The van der Waals surface area contributed by atoms with Crippen LogP contribution >= 0.6 is 0 Å². The highest BCUT2D eigenvalue weighted by atomic mass is 19.4. The van der Waals surface area contributed by atoms with Gasteiger partial charge in [-0.05, 0) is 24.1 Å². The second-order valence-electron chi connectivity index (χ2n) is 6.11. The average molecular weight is 372 g/mol. The summed E-state index contributed by atoms with van der Waals surface area (Å²) in [5, 5.41) is -0.391.